The van der Waals surface area contributed by atoms with Crippen LogP contribution in [0.3, 0.4) is 0 Å². The fraction of sp³-hybridized carbons (Fsp3) is 0.353. The van der Waals surface area contributed by atoms with E-state index < -0.39 is 0 Å². The zero-order chi connectivity index (χ0) is 16.4. The zero-order valence-electron chi connectivity index (χ0n) is 13.3. The van der Waals surface area contributed by atoms with Gasteiger partial charge in [-0.1, -0.05) is 6.07 Å². The van der Waals surface area contributed by atoms with Gasteiger partial charge in [0.1, 0.15) is 0 Å². The van der Waals surface area contributed by atoms with Gasteiger partial charge in [0.15, 0.2) is 5.69 Å². The first-order chi connectivity index (χ1) is 11.8. The second-order valence-electron chi connectivity index (χ2n) is 6.02. The standard InChI is InChI=1S/C17H19N5OS/c23-17(15-11-14(19-20-15)16-6-3-10-24-16)22-9-2-1-5-13(22)12-21-8-4-7-18-21/h3-4,6-8,10-11,13H,1-2,5,9,12H2,(H,19,20)/t13-/m0/s1. The molecule has 124 valence electrons. The van der Waals surface area contributed by atoms with Crippen LogP contribution in [-0.2, 0) is 6.54 Å². The lowest BCUT2D eigenvalue weighted by Crippen LogP contribution is -2.46. The maximum absolute atomic E-state index is 12.9. The van der Waals surface area contributed by atoms with Gasteiger partial charge in [-0.3, -0.25) is 14.6 Å². The molecule has 0 bridgehead atoms. The number of aromatic amines is 1. The lowest BCUT2D eigenvalue weighted by molar-refractivity contribution is 0.0578. The summed E-state index contributed by atoms with van der Waals surface area (Å²) in [6, 6.07) is 7.96. The quantitative estimate of drug-likeness (QED) is 0.793. The Hall–Kier alpha value is -2.41. The van der Waals surface area contributed by atoms with E-state index in [1.165, 1.54) is 0 Å². The molecule has 0 unspecified atom stereocenters. The van der Waals surface area contributed by atoms with Crippen LogP contribution in [0.15, 0.2) is 42.0 Å². The predicted molar refractivity (Wildman–Crippen MR) is 92.8 cm³/mol. The summed E-state index contributed by atoms with van der Waals surface area (Å²) in [6.07, 6.45) is 6.92. The fourth-order valence-corrected chi connectivity index (χ4v) is 3.91. The van der Waals surface area contributed by atoms with Crippen LogP contribution in [0.2, 0.25) is 0 Å². The Bertz CT molecular complexity index is 793. The van der Waals surface area contributed by atoms with Crippen molar-refractivity contribution in [3.05, 3.63) is 47.7 Å². The molecule has 0 aliphatic carbocycles. The molecule has 1 aliphatic rings. The minimum absolute atomic E-state index is 0.00547. The van der Waals surface area contributed by atoms with Gasteiger partial charge in [-0.25, -0.2) is 0 Å². The second-order valence-corrected chi connectivity index (χ2v) is 6.97. The second kappa shape index (κ2) is 6.60. The van der Waals surface area contributed by atoms with E-state index >= 15 is 0 Å². The van der Waals surface area contributed by atoms with Crippen LogP contribution in [0.4, 0.5) is 0 Å². The summed E-state index contributed by atoms with van der Waals surface area (Å²) in [7, 11) is 0. The Balaban J connectivity index is 1.53. The molecule has 1 amide bonds. The molecule has 1 atom stereocenters. The number of carbonyl (C=O) groups excluding carboxylic acids is 1. The SMILES string of the molecule is O=C(c1cc(-c2cccs2)[nH]n1)N1CCCC[C@H]1Cn1cccn1. The van der Waals surface area contributed by atoms with Gasteiger partial charge in [0.05, 0.1) is 23.2 Å². The van der Waals surface area contributed by atoms with Gasteiger partial charge in [0.25, 0.3) is 5.91 Å². The number of hydrogen-bond donors (Lipinski definition) is 1. The van der Waals surface area contributed by atoms with Crippen molar-refractivity contribution in [1.29, 1.82) is 0 Å². The lowest BCUT2D eigenvalue weighted by atomic mass is 10.0. The summed E-state index contributed by atoms with van der Waals surface area (Å²) in [5, 5.41) is 13.5. The van der Waals surface area contributed by atoms with Gasteiger partial charge < -0.3 is 4.90 Å². The van der Waals surface area contributed by atoms with Crippen molar-refractivity contribution in [3.63, 3.8) is 0 Å². The Kier molecular flexibility index (Phi) is 4.17. The van der Waals surface area contributed by atoms with E-state index in [-0.39, 0.29) is 11.9 Å². The molecule has 0 spiro atoms. The molecule has 1 fully saturated rings. The summed E-state index contributed by atoms with van der Waals surface area (Å²) in [5.41, 5.74) is 1.39. The number of rotatable bonds is 4. The number of piperidine rings is 1. The highest BCUT2D eigenvalue weighted by molar-refractivity contribution is 7.13. The van der Waals surface area contributed by atoms with Crippen molar-refractivity contribution in [2.75, 3.05) is 6.54 Å². The number of amides is 1. The molecule has 1 aliphatic heterocycles. The summed E-state index contributed by atoms with van der Waals surface area (Å²) < 4.78 is 1.90. The average Bonchev–Trinajstić information content (AvgIpc) is 3.35. The first-order valence-electron chi connectivity index (χ1n) is 8.19. The van der Waals surface area contributed by atoms with Crippen LogP contribution in [-0.4, -0.2) is 43.4 Å². The Morgan fingerprint density at radius 3 is 3.12 bits per heavy atom. The largest absolute Gasteiger partial charge is 0.332 e. The topological polar surface area (TPSA) is 66.8 Å². The van der Waals surface area contributed by atoms with E-state index in [1.807, 2.05) is 45.4 Å². The van der Waals surface area contributed by atoms with E-state index in [1.54, 1.807) is 17.5 Å². The molecule has 24 heavy (non-hydrogen) atoms. The molecular formula is C17H19N5OS. The highest BCUT2D eigenvalue weighted by atomic mass is 32.1. The molecule has 0 aromatic carbocycles. The van der Waals surface area contributed by atoms with Gasteiger partial charge in [-0.15, -0.1) is 11.3 Å². The van der Waals surface area contributed by atoms with Crippen molar-refractivity contribution in [2.24, 2.45) is 0 Å². The van der Waals surface area contributed by atoms with E-state index in [0.717, 1.165) is 42.9 Å². The smallest absolute Gasteiger partial charge is 0.274 e. The third kappa shape index (κ3) is 2.99. The number of H-pyrrole nitrogens is 1. The summed E-state index contributed by atoms with van der Waals surface area (Å²) >= 11 is 1.63. The number of nitrogens with one attached hydrogen (secondary N) is 1. The van der Waals surface area contributed by atoms with E-state index in [0.29, 0.717) is 5.69 Å². The molecule has 1 N–H and O–H groups in total. The van der Waals surface area contributed by atoms with Crippen molar-refractivity contribution in [3.8, 4) is 10.6 Å². The zero-order valence-corrected chi connectivity index (χ0v) is 14.1. The highest BCUT2D eigenvalue weighted by Crippen LogP contribution is 2.25. The molecule has 1 saturated heterocycles. The van der Waals surface area contributed by atoms with Gasteiger partial charge in [0.2, 0.25) is 0 Å². The Labute approximate surface area is 144 Å². The maximum atomic E-state index is 12.9. The number of likely N-dealkylation sites (tertiary alicyclic amines) is 1. The molecular weight excluding hydrogens is 322 g/mol. The molecule has 6 nitrogen and oxygen atoms in total. The number of hydrogen-bond acceptors (Lipinski definition) is 4. The van der Waals surface area contributed by atoms with Crippen LogP contribution >= 0.6 is 11.3 Å². The summed E-state index contributed by atoms with van der Waals surface area (Å²) in [6.45, 7) is 1.52. The highest BCUT2D eigenvalue weighted by Gasteiger charge is 2.29. The molecule has 3 aromatic heterocycles. The number of nitrogens with zero attached hydrogens (tertiary/aromatic N) is 4. The maximum Gasteiger partial charge on any atom is 0.274 e. The number of carbonyl (C=O) groups is 1. The third-order valence-corrected chi connectivity index (χ3v) is 5.33. The minimum Gasteiger partial charge on any atom is -0.332 e. The molecule has 4 heterocycles. The Morgan fingerprint density at radius 2 is 2.33 bits per heavy atom. The molecule has 3 aromatic rings. The van der Waals surface area contributed by atoms with Crippen molar-refractivity contribution in [2.45, 2.75) is 31.8 Å². The van der Waals surface area contributed by atoms with Crippen LogP contribution in [0.25, 0.3) is 10.6 Å². The summed E-state index contributed by atoms with van der Waals surface area (Å²) in [5.74, 6) is 0.00547. The minimum atomic E-state index is 0.00547. The van der Waals surface area contributed by atoms with Crippen LogP contribution < -0.4 is 0 Å². The van der Waals surface area contributed by atoms with Crippen LogP contribution in [0.5, 0.6) is 0 Å². The van der Waals surface area contributed by atoms with Gasteiger partial charge >= 0.3 is 0 Å². The van der Waals surface area contributed by atoms with Crippen molar-refractivity contribution >= 4 is 17.2 Å². The van der Waals surface area contributed by atoms with Crippen molar-refractivity contribution < 1.29 is 4.79 Å². The van der Waals surface area contributed by atoms with Crippen molar-refractivity contribution in [1.82, 2.24) is 24.9 Å². The number of thiophene rings is 1. The van der Waals surface area contributed by atoms with E-state index in [4.69, 9.17) is 0 Å². The lowest BCUT2D eigenvalue weighted by Gasteiger charge is -2.35. The van der Waals surface area contributed by atoms with E-state index in [9.17, 15) is 4.79 Å². The monoisotopic (exact) mass is 341 g/mol. The molecule has 0 saturated carbocycles. The first-order valence-corrected chi connectivity index (χ1v) is 9.07. The van der Waals surface area contributed by atoms with Crippen LogP contribution in [0, 0.1) is 0 Å². The average molecular weight is 341 g/mol. The molecule has 4 rings (SSSR count). The van der Waals surface area contributed by atoms with Gasteiger partial charge in [-0.2, -0.15) is 10.2 Å². The molecule has 0 radical (unpaired) electrons. The van der Waals surface area contributed by atoms with Gasteiger partial charge in [-0.05, 0) is 42.8 Å². The predicted octanol–water partition coefficient (Wildman–Crippen LogP) is 3.03. The van der Waals surface area contributed by atoms with Gasteiger partial charge in [0, 0.05) is 18.9 Å². The molecule has 7 heteroatoms. The van der Waals surface area contributed by atoms with Crippen LogP contribution in [0.1, 0.15) is 29.8 Å². The summed E-state index contributed by atoms with van der Waals surface area (Å²) in [4.78, 5) is 16.0. The normalized spacial score (nSPS) is 18.0. The number of aromatic nitrogens is 4. The fourth-order valence-electron chi connectivity index (χ4n) is 3.22. The Morgan fingerprint density at radius 1 is 1.38 bits per heavy atom. The third-order valence-electron chi connectivity index (χ3n) is 4.43. The van der Waals surface area contributed by atoms with E-state index in [2.05, 4.69) is 15.3 Å². The first kappa shape index (κ1) is 15.1.